The number of amides is 5. The highest BCUT2D eigenvalue weighted by atomic mass is 35.5. The summed E-state index contributed by atoms with van der Waals surface area (Å²) in [6, 6.07) is 18.5. The fraction of sp³-hybridized carbons (Fsp3) is 0.420. The average molecular weight is 879 g/mol. The molecule has 4 aromatic rings. The highest BCUT2D eigenvalue weighted by Crippen LogP contribution is 2.35. The molecule has 9 rings (SSSR count). The van der Waals surface area contributed by atoms with E-state index in [1.807, 2.05) is 22.9 Å². The van der Waals surface area contributed by atoms with Crippen molar-refractivity contribution in [3.8, 4) is 23.1 Å². The van der Waals surface area contributed by atoms with Gasteiger partial charge in [-0.2, -0.15) is 5.10 Å². The number of hydrogen-bond acceptors (Lipinski definition) is 8. The number of benzene rings is 3. The highest BCUT2D eigenvalue weighted by Gasteiger charge is 2.45. The standard InChI is InChI=1S/C50H51ClN8O5/c1-31-32(2)58(54-46(31)37-14-17-43(52-3)42(51)28-37)30-35-8-6-33(7-9-35)4-5-34-10-12-36(13-11-34)48(62)57-22-20-38(21-23-57)55-24-26-56(27-25-55)39-15-16-40-41(29-39)50(64)59(49(40)63)44-18-19-45(60)53-47(44)61/h6-9,14-17,28-29,34,36,38,44H,10-13,18-27,30H2,1-2H3,(H,53,60,61). The number of aromatic nitrogens is 2. The number of imide groups is 2. The largest absolute Gasteiger partial charge is 0.369 e. The molecule has 1 atom stereocenters. The molecule has 5 amide bonds. The Morgan fingerprint density at radius 1 is 0.844 bits per heavy atom. The minimum Gasteiger partial charge on any atom is -0.369 e. The van der Waals surface area contributed by atoms with Crippen molar-refractivity contribution in [1.29, 1.82) is 0 Å². The molecular formula is C50H51ClN8O5. The summed E-state index contributed by atoms with van der Waals surface area (Å²) in [5.74, 6) is 5.54. The smallest absolute Gasteiger partial charge is 0.262 e. The first kappa shape index (κ1) is 43.0. The Morgan fingerprint density at radius 3 is 2.25 bits per heavy atom. The van der Waals surface area contributed by atoms with Crippen LogP contribution in [-0.2, 0) is 20.9 Å². The topological polar surface area (TPSA) is 133 Å². The van der Waals surface area contributed by atoms with Crippen LogP contribution in [0.25, 0.3) is 16.1 Å². The maximum atomic E-state index is 13.7. The van der Waals surface area contributed by atoms with Crippen molar-refractivity contribution in [1.82, 2.24) is 29.8 Å². The second kappa shape index (κ2) is 18.1. The lowest BCUT2D eigenvalue weighted by Crippen LogP contribution is -2.54. The molecule has 1 N–H and O–H groups in total. The fourth-order valence-electron chi connectivity index (χ4n) is 10.1. The molecule has 4 aliphatic heterocycles. The number of halogens is 1. The van der Waals surface area contributed by atoms with Gasteiger partial charge in [0.25, 0.3) is 11.8 Å². The normalized spacial score (nSPS) is 21.9. The van der Waals surface area contributed by atoms with Gasteiger partial charge in [0.15, 0.2) is 0 Å². The second-order valence-electron chi connectivity index (χ2n) is 17.8. The van der Waals surface area contributed by atoms with E-state index in [0.717, 1.165) is 122 Å². The van der Waals surface area contributed by atoms with Crippen LogP contribution in [0.2, 0.25) is 5.02 Å². The first-order chi connectivity index (χ1) is 30.9. The third-order valence-corrected chi connectivity index (χ3v) is 14.3. The van der Waals surface area contributed by atoms with Gasteiger partial charge < -0.3 is 9.80 Å². The number of fused-ring (bicyclic) bond motifs is 1. The van der Waals surface area contributed by atoms with Crippen LogP contribution in [0.5, 0.6) is 0 Å². The summed E-state index contributed by atoms with van der Waals surface area (Å²) in [7, 11) is 0. The minimum atomic E-state index is -0.980. The molecule has 4 fully saturated rings. The van der Waals surface area contributed by atoms with Crippen LogP contribution in [-0.4, -0.2) is 105 Å². The van der Waals surface area contributed by atoms with E-state index in [1.165, 1.54) is 0 Å². The molecule has 5 heterocycles. The molecule has 328 valence electrons. The Balaban J connectivity index is 0.709. The van der Waals surface area contributed by atoms with Crippen LogP contribution >= 0.6 is 11.6 Å². The van der Waals surface area contributed by atoms with Crippen LogP contribution in [0.1, 0.15) is 94.5 Å². The predicted octanol–water partition coefficient (Wildman–Crippen LogP) is 6.79. The van der Waals surface area contributed by atoms with Gasteiger partial charge >= 0.3 is 0 Å². The minimum absolute atomic E-state index is 0.0630. The van der Waals surface area contributed by atoms with E-state index in [9.17, 15) is 24.0 Å². The van der Waals surface area contributed by atoms with E-state index >= 15 is 0 Å². The summed E-state index contributed by atoms with van der Waals surface area (Å²) in [5, 5.41) is 7.57. The lowest BCUT2D eigenvalue weighted by Gasteiger charge is -2.44. The Kier molecular flexibility index (Phi) is 12.1. The summed E-state index contributed by atoms with van der Waals surface area (Å²) in [4.78, 5) is 75.6. The van der Waals surface area contributed by atoms with E-state index in [2.05, 4.69) is 74.8 Å². The highest BCUT2D eigenvalue weighted by molar-refractivity contribution is 6.33. The van der Waals surface area contributed by atoms with Gasteiger partial charge in [0, 0.05) is 91.1 Å². The van der Waals surface area contributed by atoms with E-state index < -0.39 is 29.7 Å². The molecule has 0 spiro atoms. The molecule has 1 aliphatic carbocycles. The number of carbonyl (C=O) groups excluding carboxylic acids is 5. The van der Waals surface area contributed by atoms with Crippen molar-refractivity contribution >= 4 is 52.5 Å². The van der Waals surface area contributed by atoms with Crippen molar-refractivity contribution in [2.24, 2.45) is 11.8 Å². The lowest BCUT2D eigenvalue weighted by atomic mass is 9.81. The van der Waals surface area contributed by atoms with E-state index in [4.69, 9.17) is 23.3 Å². The molecule has 0 bridgehead atoms. The summed E-state index contributed by atoms with van der Waals surface area (Å²) < 4.78 is 2.01. The third-order valence-electron chi connectivity index (χ3n) is 14.0. The van der Waals surface area contributed by atoms with Crippen molar-refractivity contribution < 1.29 is 24.0 Å². The quantitative estimate of drug-likeness (QED) is 0.122. The summed E-state index contributed by atoms with van der Waals surface area (Å²) in [6.45, 7) is 16.9. The predicted molar refractivity (Wildman–Crippen MR) is 243 cm³/mol. The number of nitrogens with one attached hydrogen (secondary N) is 1. The fourth-order valence-corrected chi connectivity index (χ4v) is 10.3. The van der Waals surface area contributed by atoms with Crippen molar-refractivity contribution in [3.05, 3.63) is 111 Å². The molecule has 3 aromatic carbocycles. The van der Waals surface area contributed by atoms with E-state index in [0.29, 0.717) is 34.8 Å². The van der Waals surface area contributed by atoms with Gasteiger partial charge in [0.05, 0.1) is 29.9 Å². The number of nitrogens with zero attached hydrogens (tertiary/aromatic N) is 7. The van der Waals surface area contributed by atoms with E-state index in [1.54, 1.807) is 18.2 Å². The summed E-state index contributed by atoms with van der Waals surface area (Å²) >= 11 is 6.32. The molecule has 1 aromatic heterocycles. The number of likely N-dealkylation sites (tertiary alicyclic amines) is 1. The second-order valence-corrected chi connectivity index (χ2v) is 18.2. The first-order valence-corrected chi connectivity index (χ1v) is 22.8. The summed E-state index contributed by atoms with van der Waals surface area (Å²) in [6.07, 6.45) is 5.73. The molecule has 13 nitrogen and oxygen atoms in total. The average Bonchev–Trinajstić information content (AvgIpc) is 3.74. The Morgan fingerprint density at radius 2 is 1.56 bits per heavy atom. The number of anilines is 1. The van der Waals surface area contributed by atoms with Crippen molar-refractivity contribution in [2.75, 3.05) is 44.2 Å². The molecule has 1 saturated carbocycles. The van der Waals surface area contributed by atoms with Gasteiger partial charge in [-0.1, -0.05) is 47.7 Å². The van der Waals surface area contributed by atoms with Crippen LogP contribution in [0.3, 0.4) is 0 Å². The van der Waals surface area contributed by atoms with Gasteiger partial charge in [-0.25, -0.2) is 4.85 Å². The van der Waals surface area contributed by atoms with Gasteiger partial charge in [-0.15, -0.1) is 0 Å². The van der Waals surface area contributed by atoms with E-state index in [-0.39, 0.29) is 30.2 Å². The van der Waals surface area contributed by atoms with Gasteiger partial charge in [0.1, 0.15) is 6.04 Å². The molecule has 1 unspecified atom stereocenters. The zero-order valence-electron chi connectivity index (χ0n) is 36.2. The van der Waals surface area contributed by atoms with Crippen LogP contribution in [0, 0.1) is 44.1 Å². The number of piperazine rings is 1. The summed E-state index contributed by atoms with van der Waals surface area (Å²) in [5.41, 5.74) is 7.92. The molecule has 64 heavy (non-hydrogen) atoms. The molecule has 3 saturated heterocycles. The zero-order valence-corrected chi connectivity index (χ0v) is 37.0. The molecular weight excluding hydrogens is 828 g/mol. The van der Waals surface area contributed by atoms with Gasteiger partial charge in [-0.3, -0.25) is 43.8 Å². The Bertz CT molecular complexity index is 2630. The van der Waals surface area contributed by atoms with Gasteiger partial charge in [0.2, 0.25) is 23.4 Å². The maximum absolute atomic E-state index is 13.7. The zero-order chi connectivity index (χ0) is 44.6. The number of hydrogen-bond donors (Lipinski definition) is 1. The number of carbonyl (C=O) groups is 5. The SMILES string of the molecule is [C-]#[N+]c1ccc(-c2nn(Cc3ccc(C#CC4CCC(C(=O)N5CCC(N6CCN(c7ccc8c(c7)C(=O)N(C7CCC(=O)NC7=O)C8=O)CC6)CC5)CC4)cc3)c(C)c2C)cc1Cl. The van der Waals surface area contributed by atoms with Crippen molar-refractivity contribution in [3.63, 3.8) is 0 Å². The van der Waals surface area contributed by atoms with Crippen molar-refractivity contribution in [2.45, 2.75) is 83.8 Å². The van der Waals surface area contributed by atoms with Crippen LogP contribution < -0.4 is 10.2 Å². The Labute approximate surface area is 378 Å². The molecule has 5 aliphatic rings. The van der Waals surface area contributed by atoms with Crippen LogP contribution in [0.4, 0.5) is 11.4 Å². The third kappa shape index (κ3) is 8.55. The lowest BCUT2D eigenvalue weighted by molar-refractivity contribution is -0.138. The number of rotatable bonds is 7. The first-order valence-electron chi connectivity index (χ1n) is 22.4. The molecule has 0 radical (unpaired) electrons. The maximum Gasteiger partial charge on any atom is 0.262 e. The van der Waals surface area contributed by atoms with Gasteiger partial charge in [-0.05, 0) is 106 Å². The number of piperidine rings is 2. The molecule has 14 heteroatoms. The van der Waals surface area contributed by atoms with Crippen LogP contribution in [0.15, 0.2) is 60.7 Å². The monoisotopic (exact) mass is 878 g/mol. The Hall–Kier alpha value is -6.28.